The normalized spacial score (nSPS) is 15.2. The van der Waals surface area contributed by atoms with Gasteiger partial charge in [-0.1, -0.05) is 22.9 Å². The summed E-state index contributed by atoms with van der Waals surface area (Å²) in [4.78, 5) is 2.16. The maximum atomic E-state index is 9.52. The highest BCUT2D eigenvalue weighted by Crippen LogP contribution is 2.07. The molecule has 1 atom stereocenters. The van der Waals surface area contributed by atoms with Crippen LogP contribution in [0.2, 0.25) is 0 Å². The fourth-order valence-corrected chi connectivity index (χ4v) is 1.51. The largest absolute Gasteiger partial charge is 0.389 e. The van der Waals surface area contributed by atoms with Gasteiger partial charge in [0, 0.05) is 18.4 Å². The zero-order chi connectivity index (χ0) is 9.78. The van der Waals surface area contributed by atoms with E-state index < -0.39 is 5.60 Å². The molecular formula is C9H20BrNO. The summed E-state index contributed by atoms with van der Waals surface area (Å²) in [6.45, 7) is 7.61. The molecule has 1 unspecified atom stereocenters. The predicted molar refractivity (Wildman–Crippen MR) is 56.8 cm³/mol. The lowest BCUT2D eigenvalue weighted by Crippen LogP contribution is -2.38. The molecule has 2 nitrogen and oxygen atoms in total. The molecule has 1 N–H and O–H groups in total. The summed E-state index contributed by atoms with van der Waals surface area (Å²) in [5.74, 6) is 0.636. The molecule has 74 valence electrons. The van der Waals surface area contributed by atoms with Crippen molar-refractivity contribution in [2.75, 3.05) is 25.5 Å². The Hall–Kier alpha value is 0.400. The van der Waals surface area contributed by atoms with Crippen LogP contribution in [0.5, 0.6) is 0 Å². The fourth-order valence-electron chi connectivity index (χ4n) is 1.31. The molecule has 0 heterocycles. The van der Waals surface area contributed by atoms with Gasteiger partial charge >= 0.3 is 0 Å². The van der Waals surface area contributed by atoms with E-state index in [1.54, 1.807) is 0 Å². The van der Waals surface area contributed by atoms with Crippen LogP contribution in [0, 0.1) is 5.92 Å². The second-order valence-electron chi connectivity index (χ2n) is 4.27. The number of rotatable bonds is 5. The Morgan fingerprint density at radius 3 is 2.33 bits per heavy atom. The van der Waals surface area contributed by atoms with Crippen LogP contribution in [-0.4, -0.2) is 41.1 Å². The summed E-state index contributed by atoms with van der Waals surface area (Å²) in [5, 5.41) is 10.5. The van der Waals surface area contributed by atoms with Gasteiger partial charge in [0.15, 0.2) is 0 Å². The first-order valence-corrected chi connectivity index (χ1v) is 5.44. The lowest BCUT2D eigenvalue weighted by atomic mass is 10.1. The van der Waals surface area contributed by atoms with Crippen LogP contribution in [0.1, 0.15) is 20.8 Å². The van der Waals surface area contributed by atoms with Crippen molar-refractivity contribution in [1.82, 2.24) is 4.90 Å². The third kappa shape index (κ3) is 7.07. The summed E-state index contributed by atoms with van der Waals surface area (Å²) in [7, 11) is 2.04. The Morgan fingerprint density at radius 1 is 1.50 bits per heavy atom. The molecule has 0 amide bonds. The van der Waals surface area contributed by atoms with Crippen LogP contribution in [0.25, 0.3) is 0 Å². The summed E-state index contributed by atoms with van der Waals surface area (Å²) in [5.41, 5.74) is -0.583. The standard InChI is InChI=1S/C9H20BrNO/c1-8(5-10)6-11(4)7-9(2,3)12/h8,12H,5-7H2,1-4H3. The number of halogens is 1. The van der Waals surface area contributed by atoms with Crippen molar-refractivity contribution in [3.63, 3.8) is 0 Å². The van der Waals surface area contributed by atoms with Gasteiger partial charge in [-0.25, -0.2) is 0 Å². The number of likely N-dealkylation sites (N-methyl/N-ethyl adjacent to an activating group) is 1. The molecular weight excluding hydrogens is 218 g/mol. The van der Waals surface area contributed by atoms with Crippen LogP contribution in [-0.2, 0) is 0 Å². The van der Waals surface area contributed by atoms with Gasteiger partial charge in [0.05, 0.1) is 5.60 Å². The van der Waals surface area contributed by atoms with Crippen molar-refractivity contribution >= 4 is 15.9 Å². The fraction of sp³-hybridized carbons (Fsp3) is 1.00. The van der Waals surface area contributed by atoms with Gasteiger partial charge in [-0.05, 0) is 26.8 Å². The summed E-state index contributed by atoms with van der Waals surface area (Å²) >= 11 is 3.43. The van der Waals surface area contributed by atoms with E-state index in [0.29, 0.717) is 5.92 Å². The summed E-state index contributed by atoms with van der Waals surface area (Å²) in [6, 6.07) is 0. The van der Waals surface area contributed by atoms with E-state index in [1.165, 1.54) is 0 Å². The van der Waals surface area contributed by atoms with E-state index in [1.807, 2.05) is 20.9 Å². The Bertz CT molecular complexity index is 122. The zero-order valence-corrected chi connectivity index (χ0v) is 10.1. The van der Waals surface area contributed by atoms with E-state index in [0.717, 1.165) is 18.4 Å². The second-order valence-corrected chi connectivity index (χ2v) is 4.92. The molecule has 0 aliphatic rings. The smallest absolute Gasteiger partial charge is 0.0718 e. The van der Waals surface area contributed by atoms with Crippen LogP contribution < -0.4 is 0 Å². The number of hydrogen-bond acceptors (Lipinski definition) is 2. The predicted octanol–water partition coefficient (Wildman–Crippen LogP) is 1.72. The minimum Gasteiger partial charge on any atom is -0.389 e. The maximum Gasteiger partial charge on any atom is 0.0718 e. The minimum atomic E-state index is -0.583. The molecule has 0 saturated heterocycles. The average Bonchev–Trinajstić information content (AvgIpc) is 1.82. The van der Waals surface area contributed by atoms with E-state index >= 15 is 0 Å². The third-order valence-corrected chi connectivity index (χ3v) is 2.65. The summed E-state index contributed by atoms with van der Waals surface area (Å²) in [6.07, 6.45) is 0. The van der Waals surface area contributed by atoms with E-state index in [9.17, 15) is 5.11 Å². The van der Waals surface area contributed by atoms with Crippen LogP contribution in [0.15, 0.2) is 0 Å². The molecule has 0 aromatic carbocycles. The zero-order valence-electron chi connectivity index (χ0n) is 8.47. The molecule has 0 fully saturated rings. The molecule has 0 aromatic heterocycles. The topological polar surface area (TPSA) is 23.5 Å². The molecule has 0 saturated carbocycles. The van der Waals surface area contributed by atoms with Gasteiger partial charge in [0.1, 0.15) is 0 Å². The third-order valence-electron chi connectivity index (χ3n) is 1.54. The van der Waals surface area contributed by atoms with Crippen molar-refractivity contribution in [3.05, 3.63) is 0 Å². The average molecular weight is 238 g/mol. The van der Waals surface area contributed by atoms with E-state index in [-0.39, 0.29) is 0 Å². The monoisotopic (exact) mass is 237 g/mol. The lowest BCUT2D eigenvalue weighted by Gasteiger charge is -2.27. The van der Waals surface area contributed by atoms with Gasteiger partial charge in [0.2, 0.25) is 0 Å². The van der Waals surface area contributed by atoms with Gasteiger partial charge in [-0.15, -0.1) is 0 Å². The second kappa shape index (κ2) is 5.20. The number of nitrogens with zero attached hydrogens (tertiary/aromatic N) is 1. The number of aliphatic hydroxyl groups is 1. The Morgan fingerprint density at radius 2 is 2.00 bits per heavy atom. The van der Waals surface area contributed by atoms with Crippen molar-refractivity contribution in [3.8, 4) is 0 Å². The lowest BCUT2D eigenvalue weighted by molar-refractivity contribution is 0.0418. The molecule has 0 spiro atoms. The first-order valence-electron chi connectivity index (χ1n) is 4.32. The first kappa shape index (κ1) is 12.4. The quantitative estimate of drug-likeness (QED) is 0.737. The van der Waals surface area contributed by atoms with Crippen molar-refractivity contribution in [2.24, 2.45) is 5.92 Å². The van der Waals surface area contributed by atoms with Gasteiger partial charge in [-0.3, -0.25) is 0 Å². The molecule has 0 rings (SSSR count). The highest BCUT2D eigenvalue weighted by Gasteiger charge is 2.16. The molecule has 0 radical (unpaired) electrons. The molecule has 12 heavy (non-hydrogen) atoms. The highest BCUT2D eigenvalue weighted by atomic mass is 79.9. The highest BCUT2D eigenvalue weighted by molar-refractivity contribution is 9.09. The van der Waals surface area contributed by atoms with Gasteiger partial charge < -0.3 is 10.0 Å². The molecule has 0 aromatic rings. The number of alkyl halides is 1. The maximum absolute atomic E-state index is 9.52. The van der Waals surface area contributed by atoms with Crippen LogP contribution >= 0.6 is 15.9 Å². The molecule has 0 bridgehead atoms. The number of hydrogen-bond donors (Lipinski definition) is 1. The molecule has 0 aliphatic carbocycles. The van der Waals surface area contributed by atoms with Crippen molar-refractivity contribution in [1.29, 1.82) is 0 Å². The molecule has 0 aliphatic heterocycles. The summed E-state index contributed by atoms with van der Waals surface area (Å²) < 4.78 is 0. The molecule has 3 heteroatoms. The Labute approximate surface area is 84.1 Å². The minimum absolute atomic E-state index is 0.583. The Kier molecular flexibility index (Phi) is 5.37. The Balaban J connectivity index is 3.66. The van der Waals surface area contributed by atoms with E-state index in [2.05, 4.69) is 27.8 Å². The van der Waals surface area contributed by atoms with Gasteiger partial charge in [0.25, 0.3) is 0 Å². The van der Waals surface area contributed by atoms with E-state index in [4.69, 9.17) is 0 Å². The van der Waals surface area contributed by atoms with Crippen molar-refractivity contribution < 1.29 is 5.11 Å². The van der Waals surface area contributed by atoms with Crippen LogP contribution in [0.4, 0.5) is 0 Å². The van der Waals surface area contributed by atoms with Gasteiger partial charge in [-0.2, -0.15) is 0 Å². The van der Waals surface area contributed by atoms with Crippen LogP contribution in [0.3, 0.4) is 0 Å². The van der Waals surface area contributed by atoms with Crippen molar-refractivity contribution in [2.45, 2.75) is 26.4 Å². The SMILES string of the molecule is CC(CBr)CN(C)CC(C)(C)O. The first-order chi connectivity index (χ1) is 5.35.